The molecule has 0 N–H and O–H groups in total. The Balaban J connectivity index is 2.52. The van der Waals surface area contributed by atoms with Crippen LogP contribution in [0, 0.1) is 35.7 Å². The Bertz CT molecular complexity index is 1050. The molecule has 30 heavy (non-hydrogen) atoms. The predicted octanol–water partition coefficient (Wildman–Crippen LogP) is 5.89. The summed E-state index contributed by atoms with van der Waals surface area (Å²) in [5, 5.41) is -2.19. The summed E-state index contributed by atoms with van der Waals surface area (Å²) < 4.78 is 64.6. The van der Waals surface area contributed by atoms with E-state index in [-0.39, 0.29) is 43.1 Å². The van der Waals surface area contributed by atoms with Crippen LogP contribution in [0.25, 0.3) is 20.9 Å². The molecule has 0 aliphatic carbocycles. The van der Waals surface area contributed by atoms with Gasteiger partial charge in [0.2, 0.25) is 10.3 Å². The minimum atomic E-state index is -1.12. The zero-order valence-electron chi connectivity index (χ0n) is 16.1. The number of carbonyl (C=O) groups excluding carboxylic acids is 2. The second kappa shape index (κ2) is 8.19. The SMILES string of the molecule is COC(=O)c1c(C)c(-c2cc(F)c(F)s2)c(C(=O)OC)c(C)c1-c1cc(F)c(F)s1. The Morgan fingerprint density at radius 3 is 1.30 bits per heavy atom. The standard InChI is InChI=1S/C20H14F4O4S2/c1-7-13(11-5-9(21)17(23)29-11)16(20(26)28-4)8(2)14(15(7)19(25)27-3)12-6-10(22)18(24)30-12/h5-6H,1-4H3. The first-order valence-corrected chi connectivity index (χ1v) is 9.99. The highest BCUT2D eigenvalue weighted by Crippen LogP contribution is 2.44. The molecule has 0 aliphatic rings. The molecule has 2 heterocycles. The number of rotatable bonds is 4. The van der Waals surface area contributed by atoms with Gasteiger partial charge in [0, 0.05) is 20.9 Å². The van der Waals surface area contributed by atoms with Gasteiger partial charge in [-0.15, -0.1) is 22.7 Å². The van der Waals surface area contributed by atoms with Gasteiger partial charge in [-0.3, -0.25) is 0 Å². The van der Waals surface area contributed by atoms with Crippen LogP contribution in [-0.4, -0.2) is 26.2 Å². The average Bonchev–Trinajstić information content (AvgIpc) is 3.21. The molecule has 0 amide bonds. The van der Waals surface area contributed by atoms with Crippen molar-refractivity contribution in [1.29, 1.82) is 0 Å². The van der Waals surface area contributed by atoms with Crippen molar-refractivity contribution in [2.45, 2.75) is 13.8 Å². The Morgan fingerprint density at radius 2 is 1.07 bits per heavy atom. The van der Waals surface area contributed by atoms with E-state index in [0.717, 1.165) is 26.4 Å². The fourth-order valence-electron chi connectivity index (χ4n) is 3.27. The quantitative estimate of drug-likeness (QED) is 0.361. The molecule has 3 aromatic rings. The molecule has 0 bridgehead atoms. The van der Waals surface area contributed by atoms with E-state index in [1.807, 2.05) is 0 Å². The lowest BCUT2D eigenvalue weighted by atomic mass is 9.86. The summed E-state index contributed by atoms with van der Waals surface area (Å²) in [6.07, 6.45) is 0. The Kier molecular flexibility index (Phi) is 6.00. The Hall–Kier alpha value is -2.72. The summed E-state index contributed by atoms with van der Waals surface area (Å²) in [5.74, 6) is -3.91. The van der Waals surface area contributed by atoms with Crippen LogP contribution < -0.4 is 0 Å². The third-order valence-corrected chi connectivity index (χ3v) is 6.39. The lowest BCUT2D eigenvalue weighted by Crippen LogP contribution is -2.14. The number of methoxy groups -OCH3 is 2. The summed E-state index contributed by atoms with van der Waals surface area (Å²) in [6, 6.07) is 1.80. The second-order valence-electron chi connectivity index (χ2n) is 6.20. The Labute approximate surface area is 176 Å². The lowest BCUT2D eigenvalue weighted by Gasteiger charge is -2.20. The molecule has 1 aromatic carbocycles. The monoisotopic (exact) mass is 458 g/mol. The third kappa shape index (κ3) is 3.50. The number of esters is 2. The fraction of sp³-hybridized carbons (Fsp3) is 0.200. The zero-order chi connectivity index (χ0) is 22.3. The molecule has 158 valence electrons. The summed E-state index contributed by atoms with van der Waals surface area (Å²) in [7, 11) is 2.24. The van der Waals surface area contributed by atoms with Crippen LogP contribution in [0.5, 0.6) is 0 Å². The molecule has 0 fully saturated rings. The van der Waals surface area contributed by atoms with Crippen molar-refractivity contribution >= 4 is 34.6 Å². The molecule has 0 radical (unpaired) electrons. The highest BCUT2D eigenvalue weighted by Gasteiger charge is 2.31. The van der Waals surface area contributed by atoms with Crippen molar-refractivity contribution in [3.8, 4) is 20.9 Å². The molecule has 2 aromatic heterocycles. The normalized spacial score (nSPS) is 10.9. The van der Waals surface area contributed by atoms with E-state index in [4.69, 9.17) is 9.47 Å². The van der Waals surface area contributed by atoms with Crippen molar-refractivity contribution in [2.24, 2.45) is 0 Å². The minimum Gasteiger partial charge on any atom is -0.465 e. The number of hydrogen-bond acceptors (Lipinski definition) is 6. The number of halogens is 4. The van der Waals surface area contributed by atoms with E-state index in [1.165, 1.54) is 13.8 Å². The first kappa shape index (κ1) is 22.0. The number of hydrogen-bond donors (Lipinski definition) is 0. The third-order valence-electron chi connectivity index (χ3n) is 4.56. The van der Waals surface area contributed by atoms with E-state index in [0.29, 0.717) is 22.7 Å². The van der Waals surface area contributed by atoms with E-state index >= 15 is 0 Å². The number of ether oxygens (including phenoxy) is 2. The summed E-state index contributed by atoms with van der Waals surface area (Å²) in [6.45, 7) is 2.90. The molecular formula is C20H14F4O4S2. The van der Waals surface area contributed by atoms with E-state index in [2.05, 4.69) is 0 Å². The van der Waals surface area contributed by atoms with Crippen LogP contribution in [0.4, 0.5) is 17.6 Å². The van der Waals surface area contributed by atoms with Crippen molar-refractivity contribution in [2.75, 3.05) is 14.2 Å². The number of carbonyl (C=O) groups is 2. The van der Waals surface area contributed by atoms with E-state index in [9.17, 15) is 27.2 Å². The second-order valence-corrected chi connectivity index (χ2v) is 8.20. The van der Waals surface area contributed by atoms with Gasteiger partial charge in [0.25, 0.3) is 0 Å². The maximum absolute atomic E-state index is 13.7. The zero-order valence-corrected chi connectivity index (χ0v) is 17.7. The largest absolute Gasteiger partial charge is 0.465 e. The predicted molar refractivity (Wildman–Crippen MR) is 105 cm³/mol. The molecule has 0 atom stereocenters. The van der Waals surface area contributed by atoms with Crippen LogP contribution in [0.15, 0.2) is 12.1 Å². The van der Waals surface area contributed by atoms with Crippen molar-refractivity contribution in [1.82, 2.24) is 0 Å². The fourth-order valence-corrected chi connectivity index (χ4v) is 5.01. The van der Waals surface area contributed by atoms with Gasteiger partial charge >= 0.3 is 11.9 Å². The maximum Gasteiger partial charge on any atom is 0.338 e. The average molecular weight is 458 g/mol. The van der Waals surface area contributed by atoms with Crippen molar-refractivity contribution < 1.29 is 36.6 Å². The smallest absolute Gasteiger partial charge is 0.338 e. The van der Waals surface area contributed by atoms with Crippen molar-refractivity contribution in [3.63, 3.8) is 0 Å². The van der Waals surface area contributed by atoms with Crippen LogP contribution in [0.1, 0.15) is 31.8 Å². The molecule has 0 aliphatic heterocycles. The van der Waals surface area contributed by atoms with Gasteiger partial charge < -0.3 is 9.47 Å². The highest BCUT2D eigenvalue weighted by molar-refractivity contribution is 7.14. The van der Waals surface area contributed by atoms with E-state index in [1.54, 1.807) is 0 Å². The number of thiophene rings is 2. The molecule has 0 unspecified atom stereocenters. The van der Waals surface area contributed by atoms with Gasteiger partial charge in [-0.1, -0.05) is 0 Å². The molecule has 0 saturated carbocycles. The topological polar surface area (TPSA) is 52.6 Å². The lowest BCUT2D eigenvalue weighted by molar-refractivity contribution is 0.0586. The molecule has 0 spiro atoms. The van der Waals surface area contributed by atoms with Crippen LogP contribution in [0.3, 0.4) is 0 Å². The molecule has 3 rings (SSSR count). The van der Waals surface area contributed by atoms with Gasteiger partial charge in [-0.2, -0.15) is 8.78 Å². The van der Waals surface area contributed by atoms with Gasteiger partial charge in [0.1, 0.15) is 0 Å². The number of benzene rings is 1. The summed E-state index contributed by atoms with van der Waals surface area (Å²) in [4.78, 5) is 25.3. The summed E-state index contributed by atoms with van der Waals surface area (Å²) in [5.41, 5.74) is 0.306. The van der Waals surface area contributed by atoms with Crippen molar-refractivity contribution in [3.05, 3.63) is 56.3 Å². The first-order chi connectivity index (χ1) is 14.1. The van der Waals surface area contributed by atoms with Crippen LogP contribution >= 0.6 is 22.7 Å². The van der Waals surface area contributed by atoms with Gasteiger partial charge in [-0.25, -0.2) is 18.4 Å². The van der Waals surface area contributed by atoms with Gasteiger partial charge in [0.05, 0.1) is 25.3 Å². The van der Waals surface area contributed by atoms with Crippen LogP contribution in [-0.2, 0) is 9.47 Å². The minimum absolute atomic E-state index is 0.0474. The molecule has 0 saturated heterocycles. The van der Waals surface area contributed by atoms with Crippen LogP contribution in [0.2, 0.25) is 0 Å². The van der Waals surface area contributed by atoms with Gasteiger partial charge in [-0.05, 0) is 37.1 Å². The van der Waals surface area contributed by atoms with E-state index < -0.39 is 33.8 Å². The highest BCUT2D eigenvalue weighted by atomic mass is 32.1. The van der Waals surface area contributed by atoms with Gasteiger partial charge in [0.15, 0.2) is 11.6 Å². The molecule has 4 nitrogen and oxygen atoms in total. The maximum atomic E-state index is 13.7. The Morgan fingerprint density at radius 1 is 0.733 bits per heavy atom. The molecule has 10 heteroatoms. The molecular weight excluding hydrogens is 444 g/mol. The first-order valence-electron chi connectivity index (χ1n) is 8.36. The summed E-state index contributed by atoms with van der Waals surface area (Å²) >= 11 is 0.899.